The Morgan fingerprint density at radius 2 is 1.89 bits per heavy atom. The van der Waals surface area contributed by atoms with E-state index in [1.54, 1.807) is 0 Å². The summed E-state index contributed by atoms with van der Waals surface area (Å²) in [5, 5.41) is 0. The molecule has 0 amide bonds. The first-order chi connectivity index (χ1) is 8.72. The van der Waals surface area contributed by atoms with Crippen molar-refractivity contribution in [3.8, 4) is 0 Å². The third-order valence-corrected chi connectivity index (χ3v) is 4.07. The highest BCUT2D eigenvalue weighted by Crippen LogP contribution is 2.30. The summed E-state index contributed by atoms with van der Waals surface area (Å²) in [5.41, 5.74) is 2.56. The molecule has 3 heteroatoms. The molecule has 2 heterocycles. The number of piperazine rings is 1. The van der Waals surface area contributed by atoms with Gasteiger partial charge >= 0.3 is 0 Å². The molecule has 2 fully saturated rings. The monoisotopic (exact) mass is 245 g/mol. The van der Waals surface area contributed by atoms with E-state index in [4.69, 9.17) is 0 Å². The summed E-state index contributed by atoms with van der Waals surface area (Å²) in [4.78, 5) is 9.67. The van der Waals surface area contributed by atoms with Crippen molar-refractivity contribution in [1.82, 2.24) is 9.88 Å². The van der Waals surface area contributed by atoms with Gasteiger partial charge in [-0.3, -0.25) is 4.90 Å². The molecule has 1 aromatic heterocycles. The number of anilines is 1. The Morgan fingerprint density at radius 1 is 1.17 bits per heavy atom. The third-order valence-electron chi connectivity index (χ3n) is 4.07. The maximum atomic E-state index is 4.61. The molecule has 98 valence electrons. The second kappa shape index (κ2) is 4.88. The second-order valence-electron chi connectivity index (χ2n) is 5.88. The molecule has 0 unspecified atom stereocenters. The van der Waals surface area contributed by atoms with Crippen LogP contribution in [0, 0.1) is 19.8 Å². The van der Waals surface area contributed by atoms with Crippen molar-refractivity contribution in [2.75, 3.05) is 37.6 Å². The molecule has 1 aliphatic carbocycles. The van der Waals surface area contributed by atoms with E-state index in [9.17, 15) is 0 Å². The standard InChI is InChI=1S/C15H23N3/c1-12-9-13(2)15(16-10-12)18-7-5-17(6-8-18)11-14-3-4-14/h9-10,14H,3-8,11H2,1-2H3. The molecule has 0 N–H and O–H groups in total. The van der Waals surface area contributed by atoms with E-state index >= 15 is 0 Å². The Morgan fingerprint density at radius 3 is 2.50 bits per heavy atom. The van der Waals surface area contributed by atoms with Gasteiger partial charge in [-0.25, -0.2) is 4.98 Å². The number of hydrogen-bond donors (Lipinski definition) is 0. The first kappa shape index (κ1) is 12.0. The lowest BCUT2D eigenvalue weighted by Crippen LogP contribution is -2.47. The van der Waals surface area contributed by atoms with E-state index in [0.29, 0.717) is 0 Å². The highest BCUT2D eigenvalue weighted by Gasteiger charge is 2.26. The van der Waals surface area contributed by atoms with Crippen LogP contribution in [0.2, 0.25) is 0 Å². The van der Waals surface area contributed by atoms with E-state index in [-0.39, 0.29) is 0 Å². The minimum atomic E-state index is 1.01. The van der Waals surface area contributed by atoms with Crippen molar-refractivity contribution in [3.05, 3.63) is 23.4 Å². The smallest absolute Gasteiger partial charge is 0.131 e. The van der Waals surface area contributed by atoms with Crippen LogP contribution < -0.4 is 4.90 Å². The lowest BCUT2D eigenvalue weighted by atomic mass is 10.2. The number of rotatable bonds is 3. The molecule has 1 saturated heterocycles. The average molecular weight is 245 g/mol. The molecule has 1 aliphatic heterocycles. The lowest BCUT2D eigenvalue weighted by molar-refractivity contribution is 0.247. The fraction of sp³-hybridized carbons (Fsp3) is 0.667. The highest BCUT2D eigenvalue weighted by atomic mass is 15.3. The average Bonchev–Trinajstić information content (AvgIpc) is 3.15. The predicted molar refractivity (Wildman–Crippen MR) is 75.1 cm³/mol. The molecule has 1 saturated carbocycles. The lowest BCUT2D eigenvalue weighted by Gasteiger charge is -2.36. The van der Waals surface area contributed by atoms with Gasteiger partial charge < -0.3 is 4.90 Å². The Bertz CT molecular complexity index is 418. The Labute approximate surface area is 110 Å². The van der Waals surface area contributed by atoms with Crippen LogP contribution in [0.5, 0.6) is 0 Å². The largest absolute Gasteiger partial charge is 0.354 e. The molecule has 0 radical (unpaired) electrons. The van der Waals surface area contributed by atoms with Crippen LogP contribution >= 0.6 is 0 Å². The normalized spacial score (nSPS) is 21.3. The van der Waals surface area contributed by atoms with Crippen LogP contribution in [0.3, 0.4) is 0 Å². The predicted octanol–water partition coefficient (Wildman–Crippen LogP) is 2.23. The molecule has 3 nitrogen and oxygen atoms in total. The van der Waals surface area contributed by atoms with Crippen LogP contribution in [0.4, 0.5) is 5.82 Å². The van der Waals surface area contributed by atoms with Crippen molar-refractivity contribution in [3.63, 3.8) is 0 Å². The quantitative estimate of drug-likeness (QED) is 0.814. The van der Waals surface area contributed by atoms with Crippen LogP contribution in [0.15, 0.2) is 12.3 Å². The van der Waals surface area contributed by atoms with Crippen molar-refractivity contribution in [1.29, 1.82) is 0 Å². The zero-order chi connectivity index (χ0) is 12.5. The fourth-order valence-corrected chi connectivity index (χ4v) is 2.85. The van der Waals surface area contributed by atoms with E-state index in [2.05, 4.69) is 34.7 Å². The van der Waals surface area contributed by atoms with Crippen molar-refractivity contribution in [2.24, 2.45) is 5.92 Å². The van der Waals surface area contributed by atoms with Gasteiger partial charge in [0.2, 0.25) is 0 Å². The Hall–Kier alpha value is -1.09. The molecule has 1 aromatic rings. The van der Waals surface area contributed by atoms with Crippen LogP contribution in [-0.4, -0.2) is 42.6 Å². The summed E-state index contributed by atoms with van der Waals surface area (Å²) in [5.74, 6) is 2.20. The number of aryl methyl sites for hydroxylation is 2. The molecule has 0 bridgehead atoms. The van der Waals surface area contributed by atoms with E-state index in [0.717, 1.165) is 19.0 Å². The summed E-state index contributed by atoms with van der Waals surface area (Å²) >= 11 is 0. The van der Waals surface area contributed by atoms with E-state index in [1.165, 1.54) is 49.4 Å². The molecule has 18 heavy (non-hydrogen) atoms. The summed E-state index contributed by atoms with van der Waals surface area (Å²) in [6, 6.07) is 2.24. The topological polar surface area (TPSA) is 19.4 Å². The number of nitrogens with zero attached hydrogens (tertiary/aromatic N) is 3. The Balaban J connectivity index is 1.60. The summed E-state index contributed by atoms with van der Waals surface area (Å²) < 4.78 is 0. The number of hydrogen-bond acceptors (Lipinski definition) is 3. The van der Waals surface area contributed by atoms with Crippen LogP contribution in [0.25, 0.3) is 0 Å². The van der Waals surface area contributed by atoms with Crippen molar-refractivity contribution >= 4 is 5.82 Å². The van der Waals surface area contributed by atoms with Gasteiger partial charge in [0.1, 0.15) is 5.82 Å². The summed E-state index contributed by atoms with van der Waals surface area (Å²) in [7, 11) is 0. The fourth-order valence-electron chi connectivity index (χ4n) is 2.85. The molecule has 0 atom stereocenters. The van der Waals surface area contributed by atoms with Crippen molar-refractivity contribution in [2.45, 2.75) is 26.7 Å². The maximum absolute atomic E-state index is 4.61. The van der Waals surface area contributed by atoms with E-state index in [1.807, 2.05) is 6.20 Å². The third kappa shape index (κ3) is 2.66. The zero-order valence-corrected chi connectivity index (χ0v) is 11.5. The highest BCUT2D eigenvalue weighted by molar-refractivity contribution is 5.47. The summed E-state index contributed by atoms with van der Waals surface area (Å²) in [6.45, 7) is 10.3. The van der Waals surface area contributed by atoms with Gasteiger partial charge in [0, 0.05) is 38.9 Å². The molecular formula is C15H23N3. The molecule has 0 spiro atoms. The van der Waals surface area contributed by atoms with Gasteiger partial charge in [-0.15, -0.1) is 0 Å². The van der Waals surface area contributed by atoms with Crippen LogP contribution in [-0.2, 0) is 0 Å². The van der Waals surface area contributed by atoms with E-state index < -0.39 is 0 Å². The maximum Gasteiger partial charge on any atom is 0.131 e. The minimum absolute atomic E-state index is 1.01. The van der Waals surface area contributed by atoms with Gasteiger partial charge in [0.05, 0.1) is 0 Å². The number of aromatic nitrogens is 1. The first-order valence-electron chi connectivity index (χ1n) is 7.13. The molecular weight excluding hydrogens is 222 g/mol. The number of pyridine rings is 1. The minimum Gasteiger partial charge on any atom is -0.354 e. The molecule has 0 aromatic carbocycles. The molecule has 2 aliphatic rings. The second-order valence-corrected chi connectivity index (χ2v) is 5.88. The van der Waals surface area contributed by atoms with Crippen LogP contribution in [0.1, 0.15) is 24.0 Å². The SMILES string of the molecule is Cc1cnc(N2CCN(CC3CC3)CC2)c(C)c1. The zero-order valence-electron chi connectivity index (χ0n) is 11.5. The van der Waals surface area contributed by atoms with Gasteiger partial charge in [0.15, 0.2) is 0 Å². The summed E-state index contributed by atoms with van der Waals surface area (Å²) in [6.07, 6.45) is 4.90. The van der Waals surface area contributed by atoms with Crippen molar-refractivity contribution < 1.29 is 0 Å². The Kier molecular flexibility index (Phi) is 3.25. The van der Waals surface area contributed by atoms with Gasteiger partial charge in [0.25, 0.3) is 0 Å². The van der Waals surface area contributed by atoms with Gasteiger partial charge in [-0.1, -0.05) is 6.07 Å². The molecule has 3 rings (SSSR count). The van der Waals surface area contributed by atoms with Gasteiger partial charge in [-0.05, 0) is 43.7 Å². The van der Waals surface area contributed by atoms with Gasteiger partial charge in [-0.2, -0.15) is 0 Å². The first-order valence-corrected chi connectivity index (χ1v) is 7.13.